The Morgan fingerprint density at radius 3 is 2.94 bits per heavy atom. The zero-order valence-electron chi connectivity index (χ0n) is 9.93. The summed E-state index contributed by atoms with van der Waals surface area (Å²) in [5.41, 5.74) is 3.08. The number of thiophene rings is 1. The Labute approximate surface area is 109 Å². The molecule has 2 aromatic rings. The normalized spacial score (nSPS) is 14.8. The fourth-order valence-corrected chi connectivity index (χ4v) is 3.12. The van der Waals surface area contributed by atoms with Crippen molar-refractivity contribution >= 4 is 22.7 Å². The van der Waals surface area contributed by atoms with E-state index in [2.05, 4.69) is 10.3 Å². The summed E-state index contributed by atoms with van der Waals surface area (Å²) in [6, 6.07) is 1.96. The summed E-state index contributed by atoms with van der Waals surface area (Å²) in [5.74, 6) is 0. The van der Waals surface area contributed by atoms with Crippen LogP contribution < -0.4 is 5.32 Å². The van der Waals surface area contributed by atoms with Crippen LogP contribution in [0.5, 0.6) is 0 Å². The SMILES string of the molecule is Cc1ncsc1CNCC(C)(O)c1ccsc1. The van der Waals surface area contributed by atoms with E-state index in [1.165, 1.54) is 4.88 Å². The molecule has 17 heavy (non-hydrogen) atoms. The molecule has 92 valence electrons. The predicted octanol–water partition coefficient (Wildman–Crippen LogP) is 2.51. The lowest BCUT2D eigenvalue weighted by Gasteiger charge is -2.22. The second-order valence-electron chi connectivity index (χ2n) is 4.25. The monoisotopic (exact) mass is 268 g/mol. The first-order valence-corrected chi connectivity index (χ1v) is 7.26. The van der Waals surface area contributed by atoms with Crippen molar-refractivity contribution in [1.29, 1.82) is 0 Å². The fraction of sp³-hybridized carbons (Fsp3) is 0.417. The molecule has 1 unspecified atom stereocenters. The molecule has 1 atom stereocenters. The van der Waals surface area contributed by atoms with Gasteiger partial charge in [0.05, 0.1) is 16.8 Å². The minimum atomic E-state index is -0.807. The molecule has 0 fully saturated rings. The second-order valence-corrected chi connectivity index (χ2v) is 5.97. The van der Waals surface area contributed by atoms with Crippen LogP contribution in [0.15, 0.2) is 22.3 Å². The highest BCUT2D eigenvalue weighted by molar-refractivity contribution is 7.09. The number of aliphatic hydroxyl groups is 1. The van der Waals surface area contributed by atoms with E-state index in [0.29, 0.717) is 6.54 Å². The van der Waals surface area contributed by atoms with Gasteiger partial charge in [-0.1, -0.05) is 0 Å². The largest absolute Gasteiger partial charge is 0.384 e. The van der Waals surface area contributed by atoms with Crippen molar-refractivity contribution in [2.45, 2.75) is 26.0 Å². The number of thiazole rings is 1. The van der Waals surface area contributed by atoms with E-state index in [1.807, 2.05) is 36.2 Å². The first-order valence-electron chi connectivity index (χ1n) is 5.44. The van der Waals surface area contributed by atoms with Crippen molar-refractivity contribution in [3.05, 3.63) is 38.5 Å². The van der Waals surface area contributed by atoms with Crippen LogP contribution in [0, 0.1) is 6.92 Å². The van der Waals surface area contributed by atoms with Crippen molar-refractivity contribution in [3.63, 3.8) is 0 Å². The second kappa shape index (κ2) is 5.27. The van der Waals surface area contributed by atoms with E-state index in [1.54, 1.807) is 22.7 Å². The van der Waals surface area contributed by atoms with Crippen molar-refractivity contribution in [2.24, 2.45) is 0 Å². The van der Waals surface area contributed by atoms with Crippen LogP contribution in [-0.2, 0) is 12.1 Å². The fourth-order valence-electron chi connectivity index (χ4n) is 1.59. The molecule has 0 bridgehead atoms. The molecule has 5 heteroatoms. The summed E-state index contributed by atoms with van der Waals surface area (Å²) in [6.07, 6.45) is 0. The van der Waals surface area contributed by atoms with Gasteiger partial charge >= 0.3 is 0 Å². The van der Waals surface area contributed by atoms with Crippen molar-refractivity contribution in [1.82, 2.24) is 10.3 Å². The number of nitrogens with one attached hydrogen (secondary N) is 1. The Hall–Kier alpha value is -0.750. The summed E-state index contributed by atoms with van der Waals surface area (Å²) < 4.78 is 0. The van der Waals surface area contributed by atoms with E-state index >= 15 is 0 Å². The summed E-state index contributed by atoms with van der Waals surface area (Å²) in [6.45, 7) is 5.14. The van der Waals surface area contributed by atoms with Gasteiger partial charge in [0.1, 0.15) is 0 Å². The molecule has 2 N–H and O–H groups in total. The van der Waals surface area contributed by atoms with Gasteiger partial charge < -0.3 is 10.4 Å². The van der Waals surface area contributed by atoms with Gasteiger partial charge in [-0.15, -0.1) is 11.3 Å². The van der Waals surface area contributed by atoms with Crippen LogP contribution in [-0.4, -0.2) is 16.6 Å². The van der Waals surface area contributed by atoms with Crippen molar-refractivity contribution < 1.29 is 5.11 Å². The zero-order valence-corrected chi connectivity index (χ0v) is 11.6. The predicted molar refractivity (Wildman–Crippen MR) is 72.4 cm³/mol. The summed E-state index contributed by atoms with van der Waals surface area (Å²) in [4.78, 5) is 5.43. The van der Waals surface area contributed by atoms with Gasteiger partial charge in [-0.2, -0.15) is 11.3 Å². The molecular formula is C12H16N2OS2. The third-order valence-corrected chi connectivity index (χ3v) is 4.36. The van der Waals surface area contributed by atoms with Crippen molar-refractivity contribution in [2.75, 3.05) is 6.54 Å². The molecule has 0 saturated carbocycles. The summed E-state index contributed by atoms with van der Waals surface area (Å²) in [5, 5.41) is 17.6. The average Bonchev–Trinajstić information content (AvgIpc) is 2.90. The topological polar surface area (TPSA) is 45.2 Å². The van der Waals surface area contributed by atoms with Gasteiger partial charge in [0.15, 0.2) is 0 Å². The van der Waals surface area contributed by atoms with Crippen LogP contribution in [0.1, 0.15) is 23.1 Å². The number of rotatable bonds is 5. The smallest absolute Gasteiger partial charge is 0.1000 e. The van der Waals surface area contributed by atoms with Gasteiger partial charge in [-0.3, -0.25) is 0 Å². The maximum atomic E-state index is 10.3. The molecule has 0 aliphatic carbocycles. The summed E-state index contributed by atoms with van der Waals surface area (Å²) in [7, 11) is 0. The van der Waals surface area contributed by atoms with E-state index < -0.39 is 5.60 Å². The Morgan fingerprint density at radius 1 is 1.53 bits per heavy atom. The molecule has 0 aliphatic rings. The molecule has 0 aromatic carbocycles. The Balaban J connectivity index is 1.88. The maximum Gasteiger partial charge on any atom is 0.1000 e. The molecule has 0 saturated heterocycles. The molecule has 2 aromatic heterocycles. The van der Waals surface area contributed by atoms with Crippen molar-refractivity contribution in [3.8, 4) is 0 Å². The minimum Gasteiger partial charge on any atom is -0.384 e. The van der Waals surface area contributed by atoms with E-state index in [9.17, 15) is 5.11 Å². The number of aryl methyl sites for hydroxylation is 1. The molecule has 2 heterocycles. The maximum absolute atomic E-state index is 10.3. The highest BCUT2D eigenvalue weighted by atomic mass is 32.1. The van der Waals surface area contributed by atoms with Crippen LogP contribution in [0.3, 0.4) is 0 Å². The molecule has 3 nitrogen and oxygen atoms in total. The first kappa shape index (κ1) is 12.7. The lowest BCUT2D eigenvalue weighted by atomic mass is 9.99. The Bertz CT molecular complexity index is 463. The number of hydrogen-bond donors (Lipinski definition) is 2. The molecule has 0 spiro atoms. The average molecular weight is 268 g/mol. The Kier molecular flexibility index (Phi) is 3.93. The number of hydrogen-bond acceptors (Lipinski definition) is 5. The molecule has 0 aliphatic heterocycles. The molecular weight excluding hydrogens is 252 g/mol. The van der Waals surface area contributed by atoms with Gasteiger partial charge in [-0.05, 0) is 36.2 Å². The van der Waals surface area contributed by atoms with Crippen LogP contribution in [0.2, 0.25) is 0 Å². The van der Waals surface area contributed by atoms with Gasteiger partial charge in [0.2, 0.25) is 0 Å². The zero-order chi connectivity index (χ0) is 12.3. The minimum absolute atomic E-state index is 0.543. The van der Waals surface area contributed by atoms with Gasteiger partial charge in [0.25, 0.3) is 0 Å². The van der Waals surface area contributed by atoms with Crippen LogP contribution in [0.25, 0.3) is 0 Å². The highest BCUT2D eigenvalue weighted by Gasteiger charge is 2.22. The van der Waals surface area contributed by atoms with Crippen LogP contribution in [0.4, 0.5) is 0 Å². The molecule has 0 radical (unpaired) electrons. The van der Waals surface area contributed by atoms with E-state index in [4.69, 9.17) is 0 Å². The number of nitrogens with zero attached hydrogens (tertiary/aromatic N) is 1. The highest BCUT2D eigenvalue weighted by Crippen LogP contribution is 2.22. The van der Waals surface area contributed by atoms with Crippen LogP contribution >= 0.6 is 22.7 Å². The van der Waals surface area contributed by atoms with E-state index in [-0.39, 0.29) is 0 Å². The lowest BCUT2D eigenvalue weighted by Crippen LogP contribution is -2.34. The first-order chi connectivity index (χ1) is 8.09. The van der Waals surface area contributed by atoms with Gasteiger partial charge in [0, 0.05) is 18.0 Å². The molecule has 0 amide bonds. The molecule has 2 rings (SSSR count). The standard InChI is InChI=1S/C12H16N2OS2/c1-9-11(17-8-14-9)5-13-7-12(2,15)10-3-4-16-6-10/h3-4,6,8,13,15H,5,7H2,1-2H3. The lowest BCUT2D eigenvalue weighted by molar-refractivity contribution is 0.0571. The van der Waals surface area contributed by atoms with Gasteiger partial charge in [-0.25, -0.2) is 4.98 Å². The summed E-state index contributed by atoms with van der Waals surface area (Å²) >= 11 is 3.25. The Morgan fingerprint density at radius 2 is 2.35 bits per heavy atom. The third kappa shape index (κ3) is 3.13. The quantitative estimate of drug-likeness (QED) is 0.876. The third-order valence-electron chi connectivity index (χ3n) is 2.74. The number of aromatic nitrogens is 1. The van der Waals surface area contributed by atoms with E-state index in [0.717, 1.165) is 17.8 Å².